The molecule has 4 aromatic rings. The third-order valence-electron chi connectivity index (χ3n) is 6.17. The molecule has 32 heavy (non-hydrogen) atoms. The summed E-state index contributed by atoms with van der Waals surface area (Å²) < 4.78 is 5.13. The van der Waals surface area contributed by atoms with Crippen LogP contribution in [0.5, 0.6) is 0 Å². The summed E-state index contributed by atoms with van der Waals surface area (Å²) in [4.78, 5) is 25.7. The molecule has 0 aliphatic carbocycles. The van der Waals surface area contributed by atoms with Crippen LogP contribution in [0.1, 0.15) is 29.3 Å². The number of fused-ring (bicyclic) bond motifs is 3. The van der Waals surface area contributed by atoms with Gasteiger partial charge in [0.05, 0.1) is 18.1 Å². The zero-order chi connectivity index (χ0) is 22.4. The van der Waals surface area contributed by atoms with Gasteiger partial charge in [0.1, 0.15) is 6.04 Å². The zero-order valence-electron chi connectivity index (χ0n) is 18.4. The Bertz CT molecular complexity index is 1380. The van der Waals surface area contributed by atoms with Crippen molar-refractivity contribution in [3.63, 3.8) is 0 Å². The molecule has 4 heterocycles. The van der Waals surface area contributed by atoms with Gasteiger partial charge in [-0.25, -0.2) is 24.7 Å². The molecule has 0 spiro atoms. The molecule has 0 radical (unpaired) electrons. The fourth-order valence-corrected chi connectivity index (χ4v) is 4.46. The van der Waals surface area contributed by atoms with Crippen LogP contribution in [-0.2, 0) is 18.4 Å². The molecule has 1 saturated heterocycles. The number of carbonyl (C=O) groups is 1. The Hall–Kier alpha value is -3.43. The highest BCUT2D eigenvalue weighted by Crippen LogP contribution is 2.22. The molecule has 2 unspecified atom stereocenters. The molecule has 1 amide bonds. The predicted octanol–water partition coefficient (Wildman–Crippen LogP) is 1.33. The standard InChI is InChI=1S/C23H27N7O2/c1-14-6-7-16-12-15(2)21-27-29(23(32)30(21)20(16)11-14)10-8-24-22(31)18-13-17(25-26-18)19-5-4-9-28(19)3/h4-7,9,11-12,17-18,25-26H,8,10,13H2,1-3H3,(H,24,31). The third-order valence-corrected chi connectivity index (χ3v) is 6.17. The number of hydrogen-bond acceptors (Lipinski definition) is 5. The molecule has 5 rings (SSSR count). The Balaban J connectivity index is 1.28. The van der Waals surface area contributed by atoms with Gasteiger partial charge in [-0.15, -0.1) is 5.10 Å². The number of aryl methyl sites for hydroxylation is 3. The van der Waals surface area contributed by atoms with Gasteiger partial charge in [-0.2, -0.15) is 0 Å². The summed E-state index contributed by atoms with van der Waals surface area (Å²) in [5.41, 5.74) is 10.7. The second kappa shape index (κ2) is 7.92. The highest BCUT2D eigenvalue weighted by atomic mass is 16.2. The normalized spacial score (nSPS) is 18.6. The molecule has 166 valence electrons. The Kier molecular flexibility index (Phi) is 5.07. The molecule has 9 nitrogen and oxygen atoms in total. The van der Waals surface area contributed by atoms with Crippen molar-refractivity contribution in [1.82, 2.24) is 34.9 Å². The van der Waals surface area contributed by atoms with Crippen LogP contribution in [0.2, 0.25) is 0 Å². The molecule has 3 N–H and O–H groups in total. The number of pyridine rings is 1. The number of carbonyl (C=O) groups excluding carboxylic acids is 1. The average Bonchev–Trinajstić information content (AvgIpc) is 3.48. The summed E-state index contributed by atoms with van der Waals surface area (Å²) in [7, 11) is 1.99. The molecular weight excluding hydrogens is 406 g/mol. The van der Waals surface area contributed by atoms with Crippen LogP contribution in [0.15, 0.2) is 47.4 Å². The molecule has 1 aromatic carbocycles. The van der Waals surface area contributed by atoms with Crippen molar-refractivity contribution >= 4 is 22.5 Å². The summed E-state index contributed by atoms with van der Waals surface area (Å²) >= 11 is 0. The second-order valence-electron chi connectivity index (χ2n) is 8.52. The minimum absolute atomic E-state index is 0.0755. The van der Waals surface area contributed by atoms with Gasteiger partial charge in [-0.1, -0.05) is 12.1 Å². The summed E-state index contributed by atoms with van der Waals surface area (Å²) in [6.45, 7) is 4.59. The van der Waals surface area contributed by atoms with E-state index >= 15 is 0 Å². The maximum absolute atomic E-state index is 13.1. The summed E-state index contributed by atoms with van der Waals surface area (Å²) in [5.74, 6) is -0.0942. The van der Waals surface area contributed by atoms with Crippen molar-refractivity contribution in [2.45, 2.75) is 38.9 Å². The number of rotatable bonds is 5. The number of nitrogens with zero attached hydrogens (tertiary/aromatic N) is 4. The van der Waals surface area contributed by atoms with E-state index in [9.17, 15) is 9.59 Å². The van der Waals surface area contributed by atoms with Crippen LogP contribution in [0.25, 0.3) is 16.6 Å². The lowest BCUT2D eigenvalue weighted by Crippen LogP contribution is -2.44. The maximum atomic E-state index is 13.1. The Morgan fingerprint density at radius 1 is 1.22 bits per heavy atom. The Morgan fingerprint density at radius 2 is 2.06 bits per heavy atom. The lowest BCUT2D eigenvalue weighted by Gasteiger charge is -2.11. The van der Waals surface area contributed by atoms with Crippen molar-refractivity contribution in [3.05, 3.63) is 69.9 Å². The first-order valence-corrected chi connectivity index (χ1v) is 10.8. The largest absolute Gasteiger partial charge is 0.353 e. The fraction of sp³-hybridized carbons (Fsp3) is 0.348. The zero-order valence-corrected chi connectivity index (χ0v) is 18.4. The molecule has 1 fully saturated rings. The van der Waals surface area contributed by atoms with Gasteiger partial charge in [0.15, 0.2) is 5.65 Å². The predicted molar refractivity (Wildman–Crippen MR) is 122 cm³/mol. The average molecular weight is 434 g/mol. The lowest BCUT2D eigenvalue weighted by molar-refractivity contribution is -0.122. The first-order chi connectivity index (χ1) is 15.4. The van der Waals surface area contributed by atoms with E-state index < -0.39 is 0 Å². The molecule has 1 aliphatic rings. The van der Waals surface area contributed by atoms with E-state index in [4.69, 9.17) is 0 Å². The minimum atomic E-state index is -0.332. The van der Waals surface area contributed by atoms with Crippen LogP contribution in [0.4, 0.5) is 0 Å². The molecule has 0 saturated carbocycles. The van der Waals surface area contributed by atoms with Crippen molar-refractivity contribution in [2.75, 3.05) is 6.54 Å². The minimum Gasteiger partial charge on any atom is -0.353 e. The van der Waals surface area contributed by atoms with Crippen LogP contribution in [0.3, 0.4) is 0 Å². The van der Waals surface area contributed by atoms with Crippen LogP contribution in [0, 0.1) is 13.8 Å². The highest BCUT2D eigenvalue weighted by molar-refractivity contribution is 5.84. The van der Waals surface area contributed by atoms with Gasteiger partial charge in [0.2, 0.25) is 5.91 Å². The number of aromatic nitrogens is 4. The van der Waals surface area contributed by atoms with Gasteiger partial charge >= 0.3 is 5.69 Å². The number of hydrazine groups is 1. The third kappa shape index (κ3) is 3.49. The smallest absolute Gasteiger partial charge is 0.350 e. The first kappa shape index (κ1) is 20.5. The Labute approximate surface area is 185 Å². The van der Waals surface area contributed by atoms with Crippen LogP contribution in [-0.4, -0.2) is 37.2 Å². The molecule has 0 bridgehead atoms. The Morgan fingerprint density at radius 3 is 2.84 bits per heavy atom. The van der Waals surface area contributed by atoms with E-state index in [0.29, 0.717) is 25.2 Å². The van der Waals surface area contributed by atoms with E-state index in [2.05, 4.69) is 21.3 Å². The number of amides is 1. The van der Waals surface area contributed by atoms with Crippen molar-refractivity contribution in [2.24, 2.45) is 7.05 Å². The molecule has 9 heteroatoms. The summed E-state index contributed by atoms with van der Waals surface area (Å²) in [6, 6.07) is 11.9. The van der Waals surface area contributed by atoms with E-state index in [1.165, 1.54) is 4.68 Å². The quantitative estimate of drug-likeness (QED) is 0.441. The van der Waals surface area contributed by atoms with Crippen molar-refractivity contribution in [1.29, 1.82) is 0 Å². The van der Waals surface area contributed by atoms with E-state index in [1.54, 1.807) is 4.40 Å². The highest BCUT2D eigenvalue weighted by Gasteiger charge is 2.31. The maximum Gasteiger partial charge on any atom is 0.350 e. The van der Waals surface area contributed by atoms with Gasteiger partial charge in [-0.3, -0.25) is 4.79 Å². The second-order valence-corrected chi connectivity index (χ2v) is 8.52. The summed E-state index contributed by atoms with van der Waals surface area (Å²) in [6.07, 6.45) is 2.64. The monoisotopic (exact) mass is 433 g/mol. The van der Waals surface area contributed by atoms with Gasteiger partial charge in [-0.05, 0) is 61.0 Å². The van der Waals surface area contributed by atoms with Gasteiger partial charge in [0, 0.05) is 25.5 Å². The molecule has 1 aliphatic heterocycles. The van der Waals surface area contributed by atoms with Crippen molar-refractivity contribution in [3.8, 4) is 0 Å². The summed E-state index contributed by atoms with van der Waals surface area (Å²) in [5, 5.41) is 8.46. The number of nitrogens with one attached hydrogen (secondary N) is 3. The number of benzene rings is 1. The first-order valence-electron chi connectivity index (χ1n) is 10.8. The van der Waals surface area contributed by atoms with E-state index in [1.807, 2.05) is 68.1 Å². The lowest BCUT2D eigenvalue weighted by atomic mass is 10.1. The van der Waals surface area contributed by atoms with E-state index in [0.717, 1.165) is 27.7 Å². The SMILES string of the molecule is Cc1ccc2cc(C)c3nn(CCNC(=O)C4CC(c5cccn5C)NN4)c(=O)n3c2c1. The van der Waals surface area contributed by atoms with Crippen LogP contribution < -0.4 is 21.9 Å². The topological polar surface area (TPSA) is 97.4 Å². The van der Waals surface area contributed by atoms with Crippen molar-refractivity contribution < 1.29 is 4.79 Å². The van der Waals surface area contributed by atoms with Gasteiger partial charge in [0.25, 0.3) is 0 Å². The molecule has 3 aromatic heterocycles. The fourth-order valence-electron chi connectivity index (χ4n) is 4.46. The number of hydrogen-bond donors (Lipinski definition) is 3. The van der Waals surface area contributed by atoms with Crippen LogP contribution >= 0.6 is 0 Å². The van der Waals surface area contributed by atoms with Gasteiger partial charge < -0.3 is 9.88 Å². The molecular formula is C23H27N7O2. The van der Waals surface area contributed by atoms with E-state index in [-0.39, 0.29) is 23.7 Å². The molecule has 2 atom stereocenters.